The van der Waals surface area contributed by atoms with Crippen LogP contribution in [-0.4, -0.2) is 135 Å². The fourth-order valence-electron chi connectivity index (χ4n) is 3.31. The summed E-state index contributed by atoms with van der Waals surface area (Å²) in [6.45, 7) is 3.63. The van der Waals surface area contributed by atoms with Crippen molar-refractivity contribution in [3.8, 4) is 0 Å². The molecule has 2 amide bonds. The molecule has 0 aromatic heterocycles. The van der Waals surface area contributed by atoms with Crippen LogP contribution in [0.15, 0.2) is 24.3 Å². The first kappa shape index (κ1) is 58.3. The number of benzene rings is 1. The number of imide groups is 1. The molecule has 2 aliphatic heterocycles. The van der Waals surface area contributed by atoms with Crippen molar-refractivity contribution in [1.82, 2.24) is 25.3 Å². The fourth-order valence-corrected chi connectivity index (χ4v) is 3.31. The summed E-state index contributed by atoms with van der Waals surface area (Å²) in [7, 11) is 14.0. The van der Waals surface area contributed by atoms with E-state index in [4.69, 9.17) is 35.2 Å². The van der Waals surface area contributed by atoms with Crippen LogP contribution in [0.25, 0.3) is 0 Å². The van der Waals surface area contributed by atoms with E-state index in [1.54, 1.807) is 34.1 Å². The van der Waals surface area contributed by atoms with E-state index in [0.717, 1.165) is 0 Å². The topological polar surface area (TPSA) is 262 Å². The van der Waals surface area contributed by atoms with Gasteiger partial charge in [0.2, 0.25) is 0 Å². The molecule has 18 nitrogen and oxygen atoms in total. The third kappa shape index (κ3) is 28.2. The summed E-state index contributed by atoms with van der Waals surface area (Å²) in [5, 5.41) is 23.7. The normalized spacial score (nSPS) is 14.9. The second-order valence-electron chi connectivity index (χ2n) is 9.31. The summed E-state index contributed by atoms with van der Waals surface area (Å²) in [5.41, 5.74) is 11.5. The molecule has 0 saturated carbocycles. The molecule has 2 radical (unpaired) electrons. The smallest absolute Gasteiger partial charge is 0.261 e. The first-order valence-electron chi connectivity index (χ1n) is 13.8. The maximum absolute atomic E-state index is 11.8. The summed E-state index contributed by atoms with van der Waals surface area (Å²) >= 11 is 0. The van der Waals surface area contributed by atoms with Crippen molar-refractivity contribution in [1.29, 1.82) is 0 Å². The van der Waals surface area contributed by atoms with Crippen molar-refractivity contribution >= 4 is 11.8 Å². The van der Waals surface area contributed by atoms with Gasteiger partial charge in [0.05, 0.1) is 69.5 Å². The van der Waals surface area contributed by atoms with Crippen molar-refractivity contribution < 1.29 is 109 Å². The minimum Gasteiger partial charge on any atom is -0.451 e. The number of amides is 2. The Morgan fingerprint density at radius 3 is 1.53 bits per heavy atom. The van der Waals surface area contributed by atoms with Gasteiger partial charge in [-0.25, -0.2) is 0 Å². The molecular weight excluding hydrogens is 796 g/mol. The average Bonchev–Trinajstić information content (AvgIpc) is 3.85. The average molecular weight is 856 g/mol. The number of hydrazine groups is 1. The number of fused-ring (bicyclic) bond motifs is 1. The third-order valence-corrected chi connectivity index (χ3v) is 5.44. The third-order valence-electron chi connectivity index (χ3n) is 5.44. The van der Waals surface area contributed by atoms with Gasteiger partial charge in [0.1, 0.15) is 13.6 Å². The molecule has 49 heavy (non-hydrogen) atoms. The van der Waals surface area contributed by atoms with Crippen LogP contribution in [0.5, 0.6) is 0 Å². The van der Waals surface area contributed by atoms with Crippen molar-refractivity contribution in [2.45, 2.75) is 33.2 Å². The number of nitrogens with one attached hydrogen (secondary N) is 2. The van der Waals surface area contributed by atoms with Crippen LogP contribution >= 0.6 is 0 Å². The van der Waals surface area contributed by atoms with E-state index in [-0.39, 0.29) is 138 Å². The monoisotopic (exact) mass is 855 g/mol. The molecule has 0 aliphatic carbocycles. The zero-order valence-electron chi connectivity index (χ0n) is 26.9. The summed E-state index contributed by atoms with van der Waals surface area (Å²) in [6.07, 6.45) is -1.18. The summed E-state index contributed by atoms with van der Waals surface area (Å²) in [6, 6.07) is 6.90. The van der Waals surface area contributed by atoms with Gasteiger partial charge in [0, 0.05) is 78.5 Å². The second-order valence-corrected chi connectivity index (χ2v) is 9.31. The predicted molar refractivity (Wildman–Crippen MR) is 178 cm³/mol. The molecular formula is C29H59N9O9Y2-4. The number of nitrogens with two attached hydrogens (primary N) is 4. The Balaban J connectivity index is -0.000000194. The molecule has 1 aromatic rings. The Kier molecular flexibility index (Phi) is 44.9. The van der Waals surface area contributed by atoms with Crippen molar-refractivity contribution in [3.05, 3.63) is 63.6 Å². The van der Waals surface area contributed by atoms with Gasteiger partial charge in [-0.05, 0) is 25.2 Å². The van der Waals surface area contributed by atoms with Gasteiger partial charge in [-0.3, -0.25) is 54.4 Å². The summed E-state index contributed by atoms with van der Waals surface area (Å²) < 4.78 is 25.0. The molecule has 3 rings (SSSR count). The minimum atomic E-state index is -0.616. The van der Waals surface area contributed by atoms with Crippen molar-refractivity contribution in [2.24, 2.45) is 23.2 Å². The largest absolute Gasteiger partial charge is 0.451 e. The van der Waals surface area contributed by atoms with E-state index in [2.05, 4.69) is 50.5 Å². The van der Waals surface area contributed by atoms with Crippen LogP contribution in [0, 0.1) is 28.2 Å². The Bertz CT molecular complexity index is 856. The summed E-state index contributed by atoms with van der Waals surface area (Å²) in [5.74, 6) is 7.59. The standard InChI is InChI=1S/C11H26N4O4.C11H9NO3.C5H12N2O2.2CH4.H4N2.2Y/c1-14(5-10(16)3-12)7-18-9-19-8-15(2)6-11(17)4-13;13-10-8-3-1-2-4-9(8)11(14)12(10)5-7-6-15-7;1-6-3-8-5-9-4-7-2;;;1-2;;/h10-11,16-17H,1-9,12-13H2;1-4,7H,5-6H2;6-7H,1-5H2;2*1H4;1-2H2;;/q-2;;-2;;;;;. The summed E-state index contributed by atoms with van der Waals surface area (Å²) in [4.78, 5) is 28.0. The quantitative estimate of drug-likeness (QED) is 0.0136. The van der Waals surface area contributed by atoms with E-state index < -0.39 is 12.2 Å². The van der Waals surface area contributed by atoms with Crippen LogP contribution in [0.3, 0.4) is 0 Å². The molecule has 20 heteroatoms. The van der Waals surface area contributed by atoms with E-state index in [1.807, 2.05) is 0 Å². The number of aliphatic hydroxyl groups is 2. The maximum Gasteiger partial charge on any atom is 0.261 e. The van der Waals surface area contributed by atoms with Gasteiger partial charge in [0.25, 0.3) is 11.8 Å². The molecule has 0 spiro atoms. The van der Waals surface area contributed by atoms with Gasteiger partial charge < -0.3 is 65.8 Å². The number of hydrogen-bond donors (Lipinski definition) is 8. The Morgan fingerprint density at radius 1 is 0.837 bits per heavy atom. The maximum atomic E-state index is 11.8. The Morgan fingerprint density at radius 2 is 1.20 bits per heavy atom. The fraction of sp³-hybridized carbons (Fsp3) is 0.586. The van der Waals surface area contributed by atoms with Crippen LogP contribution in [0.4, 0.5) is 0 Å². The Hall–Kier alpha value is -0.0322. The number of aliphatic hydroxyl groups excluding tert-OH is 2. The number of epoxide rings is 1. The number of nitrogens with zero attached hydrogens (tertiary/aromatic N) is 3. The van der Waals surface area contributed by atoms with Gasteiger partial charge >= 0.3 is 0 Å². The van der Waals surface area contributed by atoms with Crippen LogP contribution in [0.2, 0.25) is 0 Å². The van der Waals surface area contributed by atoms with Gasteiger partial charge in [-0.2, -0.15) is 0 Å². The van der Waals surface area contributed by atoms with Crippen molar-refractivity contribution in [2.75, 3.05) is 79.8 Å². The van der Waals surface area contributed by atoms with Gasteiger partial charge in [0.15, 0.2) is 0 Å². The van der Waals surface area contributed by atoms with Crippen LogP contribution < -0.4 is 33.8 Å². The minimum absolute atomic E-state index is 0. The number of ether oxygens (including phenoxy) is 5. The molecule has 3 atom stereocenters. The number of hydrogen-bond acceptors (Lipinski definition) is 17. The molecule has 2 heterocycles. The number of carbonyl (C=O) groups is 2. The molecule has 1 aromatic carbocycles. The molecule has 284 valence electrons. The number of rotatable bonds is 20. The first-order chi connectivity index (χ1) is 21.7. The Labute approximate surface area is 343 Å². The molecule has 1 saturated heterocycles. The number of carbonyl (C=O) groups excluding carboxylic acids is 2. The van der Waals surface area contributed by atoms with Gasteiger partial charge in [-0.15, -0.1) is 0 Å². The molecule has 1 fully saturated rings. The van der Waals surface area contributed by atoms with E-state index in [1.165, 1.54) is 4.90 Å². The molecule has 3 unspecified atom stereocenters. The molecule has 2 aliphatic rings. The zero-order valence-corrected chi connectivity index (χ0v) is 32.6. The SMILES string of the molecule is C.C.NN.O=C1c2ccccc2C(=O)N1CC1CO1.[CH2-]N(COCOCN([CH2-])CC(O)CN)CC(O)CN.[CH2-]NCOCOCN[CH2-].[Y].[Y]. The van der Waals surface area contributed by atoms with Gasteiger partial charge in [-0.1, -0.05) is 27.0 Å². The van der Waals surface area contributed by atoms with E-state index in [9.17, 15) is 19.8 Å². The zero-order chi connectivity index (χ0) is 34.0. The van der Waals surface area contributed by atoms with Crippen LogP contribution in [-0.2, 0) is 89.1 Å². The molecule has 12 N–H and O–H groups in total. The van der Waals surface area contributed by atoms with E-state index in [0.29, 0.717) is 50.8 Å². The first-order valence-corrected chi connectivity index (χ1v) is 13.8. The van der Waals surface area contributed by atoms with E-state index >= 15 is 0 Å². The predicted octanol–water partition coefficient (Wildman–Crippen LogP) is -1.86. The second kappa shape index (κ2) is 37.7. The van der Waals surface area contributed by atoms with Crippen LogP contribution in [0.1, 0.15) is 35.6 Å². The van der Waals surface area contributed by atoms with Crippen molar-refractivity contribution in [3.63, 3.8) is 0 Å². The molecule has 0 bridgehead atoms.